The van der Waals surface area contributed by atoms with Gasteiger partial charge in [-0.15, -0.1) is 0 Å². The van der Waals surface area contributed by atoms with Gasteiger partial charge in [-0.25, -0.2) is 4.98 Å². The van der Waals surface area contributed by atoms with Gasteiger partial charge in [-0.3, -0.25) is 9.38 Å². The van der Waals surface area contributed by atoms with E-state index in [-0.39, 0.29) is 0 Å². The summed E-state index contributed by atoms with van der Waals surface area (Å²) in [5.74, 6) is 0. The third-order valence-corrected chi connectivity index (χ3v) is 8.14. The second-order valence-corrected chi connectivity index (χ2v) is 9.84. The zero-order chi connectivity index (χ0) is 22.7. The van der Waals surface area contributed by atoms with Crippen molar-refractivity contribution in [1.82, 2.24) is 14.4 Å². The molecule has 7 aromatic rings. The monoisotopic (exact) mass is 445 g/mol. The van der Waals surface area contributed by atoms with Gasteiger partial charge in [-0.05, 0) is 93.1 Å². The largest absolute Gasteiger partial charge is 0.290 e. The van der Waals surface area contributed by atoms with Crippen molar-refractivity contribution in [3.63, 3.8) is 0 Å². The fourth-order valence-corrected chi connectivity index (χ4v) is 6.61. The van der Waals surface area contributed by atoms with Gasteiger partial charge in [0.25, 0.3) is 0 Å². The number of imidazole rings is 1. The minimum absolute atomic E-state index is 0.992. The zero-order valence-electron chi connectivity index (χ0n) is 18.9. The Morgan fingerprint density at radius 3 is 2.34 bits per heavy atom. The lowest BCUT2D eigenvalue weighted by Crippen LogP contribution is -1.93. The van der Waals surface area contributed by atoms with E-state index >= 15 is 0 Å². The highest BCUT2D eigenvalue weighted by atomic mass is 15.0. The number of nitrogens with zero attached hydrogens (tertiary/aromatic N) is 3. The summed E-state index contributed by atoms with van der Waals surface area (Å²) in [6.07, 6.45) is 5.90. The Hall–Kier alpha value is -4.50. The molecular formula is C32H19N3. The van der Waals surface area contributed by atoms with Crippen molar-refractivity contribution in [3.05, 3.63) is 114 Å². The number of fused-ring (bicyclic) bond motifs is 15. The number of hydrogen-bond donors (Lipinski definition) is 0. The molecule has 9 rings (SSSR count). The Morgan fingerprint density at radius 1 is 0.600 bits per heavy atom. The third kappa shape index (κ3) is 2.17. The van der Waals surface area contributed by atoms with E-state index in [4.69, 9.17) is 4.98 Å². The maximum absolute atomic E-state index is 5.10. The molecule has 0 spiro atoms. The Labute approximate surface area is 201 Å². The van der Waals surface area contributed by atoms with Crippen LogP contribution in [0.4, 0.5) is 0 Å². The predicted octanol–water partition coefficient (Wildman–Crippen LogP) is 7.33. The number of rotatable bonds is 0. The normalized spacial score (nSPS) is 13.5. The van der Waals surface area contributed by atoms with E-state index in [1.807, 2.05) is 12.4 Å². The average Bonchev–Trinajstić information content (AvgIpc) is 3.59. The van der Waals surface area contributed by atoms with E-state index in [9.17, 15) is 0 Å². The van der Waals surface area contributed by atoms with Crippen LogP contribution < -0.4 is 0 Å². The van der Waals surface area contributed by atoms with Crippen LogP contribution in [0.25, 0.3) is 60.6 Å². The highest BCUT2D eigenvalue weighted by Crippen LogP contribution is 2.48. The minimum Gasteiger partial charge on any atom is -0.290 e. The molecule has 3 nitrogen and oxygen atoms in total. The molecule has 2 aliphatic rings. The van der Waals surface area contributed by atoms with E-state index in [2.05, 4.69) is 88.2 Å². The second kappa shape index (κ2) is 6.13. The number of para-hydroxylation sites is 2. The summed E-state index contributed by atoms with van der Waals surface area (Å²) in [6, 6.07) is 28.9. The molecule has 0 bridgehead atoms. The van der Waals surface area contributed by atoms with Gasteiger partial charge in [0.15, 0.2) is 0 Å². The van der Waals surface area contributed by atoms with Gasteiger partial charge in [0, 0.05) is 17.0 Å². The smallest absolute Gasteiger partial charge is 0.146 e. The van der Waals surface area contributed by atoms with E-state index in [0.717, 1.165) is 35.0 Å². The zero-order valence-corrected chi connectivity index (χ0v) is 18.9. The highest BCUT2D eigenvalue weighted by molar-refractivity contribution is 6.15. The summed E-state index contributed by atoms with van der Waals surface area (Å²) in [5, 5.41) is 3.69. The van der Waals surface area contributed by atoms with Crippen LogP contribution in [0.3, 0.4) is 0 Å². The number of aromatic nitrogens is 3. The van der Waals surface area contributed by atoms with Crippen LogP contribution in [0.2, 0.25) is 0 Å². The highest BCUT2D eigenvalue weighted by Gasteiger charge is 2.28. The first-order valence-corrected chi connectivity index (χ1v) is 12.2. The van der Waals surface area contributed by atoms with E-state index in [1.165, 1.54) is 60.7 Å². The van der Waals surface area contributed by atoms with Gasteiger partial charge in [0.2, 0.25) is 0 Å². The molecule has 162 valence electrons. The third-order valence-electron chi connectivity index (χ3n) is 8.14. The number of benzene rings is 4. The first-order chi connectivity index (χ1) is 17.3. The van der Waals surface area contributed by atoms with Crippen LogP contribution >= 0.6 is 0 Å². The molecule has 3 heterocycles. The number of hydrogen-bond acceptors (Lipinski definition) is 2. The van der Waals surface area contributed by atoms with Crippen LogP contribution in [-0.4, -0.2) is 14.4 Å². The maximum Gasteiger partial charge on any atom is 0.146 e. The lowest BCUT2D eigenvalue weighted by Gasteiger charge is -2.11. The Kier molecular flexibility index (Phi) is 3.14. The molecule has 2 aliphatic carbocycles. The van der Waals surface area contributed by atoms with Crippen molar-refractivity contribution >= 4 is 38.4 Å². The molecular weight excluding hydrogens is 426 g/mol. The molecule has 3 aromatic heterocycles. The summed E-state index contributed by atoms with van der Waals surface area (Å²) < 4.78 is 2.28. The molecule has 0 aliphatic heterocycles. The van der Waals surface area contributed by atoms with Gasteiger partial charge < -0.3 is 0 Å². The summed E-state index contributed by atoms with van der Waals surface area (Å²) in [6.45, 7) is 0. The molecule has 3 heteroatoms. The van der Waals surface area contributed by atoms with Gasteiger partial charge in [-0.1, -0.05) is 48.5 Å². The molecule has 4 aromatic carbocycles. The summed E-state index contributed by atoms with van der Waals surface area (Å²) >= 11 is 0. The molecule has 0 fully saturated rings. The van der Waals surface area contributed by atoms with Gasteiger partial charge >= 0.3 is 0 Å². The molecule has 0 radical (unpaired) electrons. The quantitative estimate of drug-likeness (QED) is 0.229. The molecule has 35 heavy (non-hydrogen) atoms. The van der Waals surface area contributed by atoms with Crippen molar-refractivity contribution in [2.75, 3.05) is 0 Å². The van der Waals surface area contributed by atoms with Crippen molar-refractivity contribution in [1.29, 1.82) is 0 Å². The predicted molar refractivity (Wildman–Crippen MR) is 142 cm³/mol. The van der Waals surface area contributed by atoms with Crippen molar-refractivity contribution in [2.24, 2.45) is 0 Å². The number of pyridine rings is 2. The molecule has 0 unspecified atom stereocenters. The fourth-order valence-electron chi connectivity index (χ4n) is 6.61. The Morgan fingerprint density at radius 2 is 1.40 bits per heavy atom. The Balaban J connectivity index is 1.38. The lowest BCUT2D eigenvalue weighted by atomic mass is 9.96. The van der Waals surface area contributed by atoms with Crippen molar-refractivity contribution in [2.45, 2.75) is 12.8 Å². The second-order valence-electron chi connectivity index (χ2n) is 9.84. The van der Waals surface area contributed by atoms with E-state index in [0.29, 0.717) is 0 Å². The summed E-state index contributed by atoms with van der Waals surface area (Å²) in [5.41, 5.74) is 15.7. The molecule has 0 atom stereocenters. The SMILES string of the molecule is c1ccc2c(c1)Cc1c-2ccc2c1Cc1cc3c4ccncc4n4c5ccccc5nc4c3cc1-2. The topological polar surface area (TPSA) is 30.2 Å². The van der Waals surface area contributed by atoms with Crippen molar-refractivity contribution in [3.8, 4) is 22.3 Å². The van der Waals surface area contributed by atoms with E-state index in [1.54, 1.807) is 0 Å². The van der Waals surface area contributed by atoms with Gasteiger partial charge in [-0.2, -0.15) is 0 Å². The fraction of sp³-hybridized carbons (Fsp3) is 0.0625. The first kappa shape index (κ1) is 17.9. The standard InChI is InChI=1S/C32H19N3/c1-2-6-20-18(5-1)13-25-21(20)9-10-22-24-16-28-27(15-19(24)14-26(22)25)23-11-12-33-17-31(23)35-30-8-4-3-7-29(30)34-32(28)35/h1-12,15-17H,13-14H2. The van der Waals surface area contributed by atoms with Crippen LogP contribution in [0.1, 0.15) is 22.3 Å². The molecule has 0 N–H and O–H groups in total. The van der Waals surface area contributed by atoms with Crippen LogP contribution in [0.5, 0.6) is 0 Å². The van der Waals surface area contributed by atoms with Gasteiger partial charge in [0.1, 0.15) is 5.65 Å². The minimum atomic E-state index is 0.992. The van der Waals surface area contributed by atoms with E-state index < -0.39 is 0 Å². The summed E-state index contributed by atoms with van der Waals surface area (Å²) in [7, 11) is 0. The average molecular weight is 446 g/mol. The first-order valence-electron chi connectivity index (χ1n) is 12.2. The summed E-state index contributed by atoms with van der Waals surface area (Å²) in [4.78, 5) is 9.57. The van der Waals surface area contributed by atoms with Crippen LogP contribution in [0.15, 0.2) is 91.3 Å². The maximum atomic E-state index is 5.10. The lowest BCUT2D eigenvalue weighted by molar-refractivity contribution is 1.16. The van der Waals surface area contributed by atoms with Crippen LogP contribution in [0, 0.1) is 0 Å². The van der Waals surface area contributed by atoms with Crippen molar-refractivity contribution < 1.29 is 0 Å². The molecule has 0 saturated heterocycles. The molecule has 0 saturated carbocycles. The van der Waals surface area contributed by atoms with Crippen LogP contribution in [-0.2, 0) is 12.8 Å². The van der Waals surface area contributed by atoms with Gasteiger partial charge in [0.05, 0.1) is 22.7 Å². The Bertz CT molecular complexity index is 2060. The molecule has 0 amide bonds.